The molecule has 1 aromatic carbocycles. The first kappa shape index (κ1) is 19.1. The van der Waals surface area contributed by atoms with Crippen molar-refractivity contribution in [3.63, 3.8) is 0 Å². The Morgan fingerprint density at radius 3 is 2.73 bits per heavy atom. The molecule has 1 aliphatic rings. The van der Waals surface area contributed by atoms with E-state index in [0.29, 0.717) is 6.04 Å². The van der Waals surface area contributed by atoms with Gasteiger partial charge in [0.05, 0.1) is 7.11 Å². The van der Waals surface area contributed by atoms with Crippen molar-refractivity contribution in [1.82, 2.24) is 10.6 Å². The summed E-state index contributed by atoms with van der Waals surface area (Å²) in [5.41, 5.74) is 2.48. The number of benzene rings is 1. The molecule has 0 bridgehead atoms. The number of aryl methyl sites for hydroxylation is 1. The van der Waals surface area contributed by atoms with Crippen LogP contribution >= 0.6 is 24.0 Å². The fourth-order valence-electron chi connectivity index (χ4n) is 2.41. The van der Waals surface area contributed by atoms with Gasteiger partial charge in [-0.2, -0.15) is 0 Å². The fourth-order valence-corrected chi connectivity index (χ4v) is 2.41. The van der Waals surface area contributed by atoms with E-state index in [2.05, 4.69) is 48.5 Å². The number of rotatable bonds is 6. The van der Waals surface area contributed by atoms with E-state index in [-0.39, 0.29) is 24.0 Å². The molecule has 0 aliphatic heterocycles. The van der Waals surface area contributed by atoms with Crippen molar-refractivity contribution >= 4 is 29.9 Å². The molecule has 22 heavy (non-hydrogen) atoms. The molecule has 1 saturated carbocycles. The summed E-state index contributed by atoms with van der Waals surface area (Å²) in [6.45, 7) is 8.11. The number of halogens is 1. The summed E-state index contributed by atoms with van der Waals surface area (Å²) in [5.74, 6) is 2.65. The summed E-state index contributed by atoms with van der Waals surface area (Å²) in [6.07, 6.45) is 2.14. The average molecular weight is 417 g/mol. The van der Waals surface area contributed by atoms with E-state index >= 15 is 0 Å². The Bertz CT molecular complexity index is 505. The number of nitrogens with one attached hydrogen (secondary N) is 2. The topological polar surface area (TPSA) is 45.7 Å². The number of hydrogen-bond acceptors (Lipinski definition) is 2. The Balaban J connectivity index is 0.00000242. The van der Waals surface area contributed by atoms with Crippen LogP contribution in [0.2, 0.25) is 0 Å². The molecule has 5 heteroatoms. The van der Waals surface area contributed by atoms with Gasteiger partial charge in [0.2, 0.25) is 0 Å². The van der Waals surface area contributed by atoms with Crippen molar-refractivity contribution in [1.29, 1.82) is 0 Å². The largest absolute Gasteiger partial charge is 0.496 e. The molecule has 2 atom stereocenters. The molecule has 0 heterocycles. The SMILES string of the molecule is CCNC(=NCCc1cc(C)ccc1OC)NC1CC1C.I. The second-order valence-electron chi connectivity index (χ2n) is 5.79. The zero-order chi connectivity index (χ0) is 15.2. The third-order valence-electron chi connectivity index (χ3n) is 3.86. The van der Waals surface area contributed by atoms with Gasteiger partial charge >= 0.3 is 0 Å². The molecule has 2 unspecified atom stereocenters. The van der Waals surface area contributed by atoms with Crippen molar-refractivity contribution in [3.05, 3.63) is 29.3 Å². The minimum Gasteiger partial charge on any atom is -0.496 e. The second-order valence-corrected chi connectivity index (χ2v) is 5.79. The molecule has 2 N–H and O–H groups in total. The minimum atomic E-state index is 0. The quantitative estimate of drug-likeness (QED) is 0.425. The number of methoxy groups -OCH3 is 1. The zero-order valence-corrected chi connectivity index (χ0v) is 16.3. The van der Waals surface area contributed by atoms with Gasteiger partial charge in [-0.1, -0.05) is 24.6 Å². The normalized spacial score (nSPS) is 20.1. The first-order valence-electron chi connectivity index (χ1n) is 7.82. The number of ether oxygens (including phenoxy) is 1. The molecule has 124 valence electrons. The maximum Gasteiger partial charge on any atom is 0.191 e. The Labute approximate surface area is 151 Å². The van der Waals surface area contributed by atoms with E-state index in [1.54, 1.807) is 7.11 Å². The van der Waals surface area contributed by atoms with Gasteiger partial charge in [0.15, 0.2) is 5.96 Å². The van der Waals surface area contributed by atoms with Crippen molar-refractivity contribution in [2.75, 3.05) is 20.2 Å². The van der Waals surface area contributed by atoms with E-state index in [9.17, 15) is 0 Å². The van der Waals surface area contributed by atoms with Crippen LogP contribution in [0, 0.1) is 12.8 Å². The van der Waals surface area contributed by atoms with Gasteiger partial charge in [0.1, 0.15) is 5.75 Å². The smallest absolute Gasteiger partial charge is 0.191 e. The number of aliphatic imine (C=N–C) groups is 1. The van der Waals surface area contributed by atoms with Crippen LogP contribution in [0.4, 0.5) is 0 Å². The lowest BCUT2D eigenvalue weighted by Crippen LogP contribution is -2.39. The highest BCUT2D eigenvalue weighted by molar-refractivity contribution is 14.0. The van der Waals surface area contributed by atoms with Crippen molar-refractivity contribution < 1.29 is 4.74 Å². The molecule has 2 rings (SSSR count). The maximum absolute atomic E-state index is 5.41. The van der Waals surface area contributed by atoms with Crippen LogP contribution in [0.15, 0.2) is 23.2 Å². The van der Waals surface area contributed by atoms with E-state index in [0.717, 1.165) is 37.1 Å². The Morgan fingerprint density at radius 2 is 2.14 bits per heavy atom. The predicted molar refractivity (Wildman–Crippen MR) is 104 cm³/mol. The lowest BCUT2D eigenvalue weighted by atomic mass is 10.1. The van der Waals surface area contributed by atoms with Gasteiger partial charge in [-0.3, -0.25) is 4.99 Å². The fraction of sp³-hybridized carbons (Fsp3) is 0.588. The molecule has 0 radical (unpaired) electrons. The van der Waals surface area contributed by atoms with Crippen molar-refractivity contribution in [2.45, 2.75) is 39.7 Å². The molecule has 0 spiro atoms. The van der Waals surface area contributed by atoms with E-state index < -0.39 is 0 Å². The summed E-state index contributed by atoms with van der Waals surface area (Å²) < 4.78 is 5.41. The molecule has 1 aliphatic carbocycles. The number of hydrogen-bond donors (Lipinski definition) is 2. The first-order valence-corrected chi connectivity index (χ1v) is 7.82. The molecule has 4 nitrogen and oxygen atoms in total. The standard InChI is InChI=1S/C17H27N3O.HI/c1-5-18-17(20-15-11-13(15)3)19-9-8-14-10-12(2)6-7-16(14)21-4;/h6-7,10,13,15H,5,8-9,11H2,1-4H3,(H2,18,19,20);1H. The molecular formula is C17H28IN3O. The van der Waals surface area contributed by atoms with E-state index in [1.807, 2.05) is 6.07 Å². The molecule has 0 aromatic heterocycles. The first-order chi connectivity index (χ1) is 10.1. The van der Waals surface area contributed by atoms with Gasteiger partial charge in [-0.25, -0.2) is 0 Å². The van der Waals surface area contributed by atoms with Crippen LogP contribution in [-0.4, -0.2) is 32.2 Å². The lowest BCUT2D eigenvalue weighted by molar-refractivity contribution is 0.409. The van der Waals surface area contributed by atoms with Crippen molar-refractivity contribution in [3.8, 4) is 5.75 Å². The van der Waals surface area contributed by atoms with Crippen LogP contribution in [0.25, 0.3) is 0 Å². The van der Waals surface area contributed by atoms with Crippen LogP contribution < -0.4 is 15.4 Å². The Hall–Kier alpha value is -0.980. The summed E-state index contributed by atoms with van der Waals surface area (Å²) in [4.78, 5) is 4.67. The summed E-state index contributed by atoms with van der Waals surface area (Å²) in [6, 6.07) is 6.88. The maximum atomic E-state index is 5.41. The van der Waals surface area contributed by atoms with Gasteiger partial charge in [-0.15, -0.1) is 24.0 Å². The van der Waals surface area contributed by atoms with Crippen LogP contribution in [0.1, 0.15) is 31.4 Å². The Morgan fingerprint density at radius 1 is 1.41 bits per heavy atom. The summed E-state index contributed by atoms with van der Waals surface area (Å²) in [5, 5.41) is 6.78. The highest BCUT2D eigenvalue weighted by Crippen LogP contribution is 2.28. The van der Waals surface area contributed by atoms with Crippen LogP contribution in [0.5, 0.6) is 5.75 Å². The zero-order valence-electron chi connectivity index (χ0n) is 14.0. The third kappa shape index (κ3) is 5.66. The summed E-state index contributed by atoms with van der Waals surface area (Å²) in [7, 11) is 1.72. The minimum absolute atomic E-state index is 0. The molecular weight excluding hydrogens is 389 g/mol. The molecule has 0 amide bonds. The van der Waals surface area contributed by atoms with Crippen molar-refractivity contribution in [2.24, 2.45) is 10.9 Å². The molecule has 1 fully saturated rings. The lowest BCUT2D eigenvalue weighted by Gasteiger charge is -2.12. The Kier molecular flexibility index (Phi) is 8.00. The van der Waals surface area contributed by atoms with Crippen LogP contribution in [-0.2, 0) is 6.42 Å². The van der Waals surface area contributed by atoms with Gasteiger partial charge in [-0.05, 0) is 44.2 Å². The van der Waals surface area contributed by atoms with Crippen LogP contribution in [0.3, 0.4) is 0 Å². The van der Waals surface area contributed by atoms with Gasteiger partial charge in [0.25, 0.3) is 0 Å². The van der Waals surface area contributed by atoms with Gasteiger partial charge in [0, 0.05) is 19.1 Å². The van der Waals surface area contributed by atoms with E-state index in [4.69, 9.17) is 4.74 Å². The molecule has 0 saturated heterocycles. The average Bonchev–Trinajstić information content (AvgIpc) is 3.14. The number of nitrogens with zero attached hydrogens (tertiary/aromatic N) is 1. The van der Waals surface area contributed by atoms with Gasteiger partial charge < -0.3 is 15.4 Å². The summed E-state index contributed by atoms with van der Waals surface area (Å²) >= 11 is 0. The number of guanidine groups is 1. The molecule has 1 aromatic rings. The third-order valence-corrected chi connectivity index (χ3v) is 3.86. The predicted octanol–water partition coefficient (Wildman–Crippen LogP) is 3.13. The highest BCUT2D eigenvalue weighted by atomic mass is 127. The second kappa shape index (κ2) is 9.22. The highest BCUT2D eigenvalue weighted by Gasteiger charge is 2.33. The monoisotopic (exact) mass is 417 g/mol. The van der Waals surface area contributed by atoms with E-state index in [1.165, 1.54) is 17.5 Å².